The number of carbonyl (C=O) groups excluding carboxylic acids is 1. The van der Waals surface area contributed by atoms with E-state index < -0.39 is 0 Å². The number of ketones is 1. The van der Waals surface area contributed by atoms with Gasteiger partial charge in [0.05, 0.1) is 6.61 Å². The van der Waals surface area contributed by atoms with Crippen molar-refractivity contribution < 1.29 is 9.53 Å². The van der Waals surface area contributed by atoms with Gasteiger partial charge in [-0.25, -0.2) is 0 Å². The molecule has 0 radical (unpaired) electrons. The molecule has 0 N–H and O–H groups in total. The summed E-state index contributed by atoms with van der Waals surface area (Å²) in [7, 11) is 1.67. The Morgan fingerprint density at radius 2 is 2.08 bits per heavy atom. The van der Waals surface area contributed by atoms with E-state index in [0.29, 0.717) is 12.4 Å². The van der Waals surface area contributed by atoms with Crippen LogP contribution in [0.5, 0.6) is 0 Å². The molecule has 1 fully saturated rings. The molecular formula is C10H18O2. The summed E-state index contributed by atoms with van der Waals surface area (Å²) in [5.74, 6) is 0.842. The molecule has 1 aliphatic rings. The molecule has 0 aromatic rings. The van der Waals surface area contributed by atoms with Crippen molar-refractivity contribution in [3.05, 3.63) is 0 Å². The highest BCUT2D eigenvalue weighted by Crippen LogP contribution is 2.24. The van der Waals surface area contributed by atoms with Gasteiger partial charge in [0, 0.05) is 18.9 Å². The van der Waals surface area contributed by atoms with Gasteiger partial charge in [-0.15, -0.1) is 0 Å². The summed E-state index contributed by atoms with van der Waals surface area (Å²) in [6, 6.07) is 0. The van der Waals surface area contributed by atoms with Crippen molar-refractivity contribution in [3.63, 3.8) is 0 Å². The standard InChI is InChI=1S/C10H18O2/c1-8-5-3-4-6-9(7-12-2)10(8)11/h8-9H,3-7H2,1-2H3. The Kier molecular flexibility index (Phi) is 3.73. The Hall–Kier alpha value is -0.370. The second kappa shape index (κ2) is 4.61. The van der Waals surface area contributed by atoms with Crippen molar-refractivity contribution in [2.24, 2.45) is 11.8 Å². The molecule has 2 nitrogen and oxygen atoms in total. The van der Waals surface area contributed by atoms with Gasteiger partial charge >= 0.3 is 0 Å². The second-order valence-electron chi connectivity index (χ2n) is 3.74. The van der Waals surface area contributed by atoms with Crippen molar-refractivity contribution in [1.82, 2.24) is 0 Å². The van der Waals surface area contributed by atoms with E-state index in [0.717, 1.165) is 12.8 Å². The number of ether oxygens (including phenoxy) is 1. The second-order valence-corrected chi connectivity index (χ2v) is 3.74. The van der Waals surface area contributed by atoms with Crippen LogP contribution in [0.25, 0.3) is 0 Å². The molecule has 0 spiro atoms. The number of Topliss-reactive ketones (excluding diaryl/α,β-unsaturated/α-hetero) is 1. The zero-order valence-electron chi connectivity index (χ0n) is 8.01. The first-order chi connectivity index (χ1) is 5.75. The number of hydrogen-bond donors (Lipinski definition) is 0. The van der Waals surface area contributed by atoms with Crippen LogP contribution in [-0.2, 0) is 9.53 Å². The van der Waals surface area contributed by atoms with E-state index in [4.69, 9.17) is 4.74 Å². The average Bonchev–Trinajstić information content (AvgIpc) is 2.20. The summed E-state index contributed by atoms with van der Waals surface area (Å²) in [6.45, 7) is 2.65. The lowest BCUT2D eigenvalue weighted by molar-refractivity contribution is -0.127. The van der Waals surface area contributed by atoms with Crippen LogP contribution in [0.2, 0.25) is 0 Å². The normalized spacial score (nSPS) is 31.7. The summed E-state index contributed by atoms with van der Waals surface area (Å²) in [4.78, 5) is 11.7. The van der Waals surface area contributed by atoms with Gasteiger partial charge in [-0.3, -0.25) is 4.79 Å². The van der Waals surface area contributed by atoms with E-state index in [-0.39, 0.29) is 11.8 Å². The lowest BCUT2D eigenvalue weighted by Gasteiger charge is -2.14. The zero-order chi connectivity index (χ0) is 8.97. The molecule has 0 amide bonds. The maximum atomic E-state index is 11.7. The van der Waals surface area contributed by atoms with Crippen LogP contribution in [-0.4, -0.2) is 19.5 Å². The van der Waals surface area contributed by atoms with Crippen LogP contribution in [0.3, 0.4) is 0 Å². The number of methoxy groups -OCH3 is 1. The summed E-state index contributed by atoms with van der Waals surface area (Å²) in [6.07, 6.45) is 4.48. The first kappa shape index (κ1) is 9.72. The highest BCUT2D eigenvalue weighted by Gasteiger charge is 2.25. The van der Waals surface area contributed by atoms with Crippen molar-refractivity contribution >= 4 is 5.78 Å². The highest BCUT2D eigenvalue weighted by molar-refractivity contribution is 5.83. The highest BCUT2D eigenvalue weighted by atomic mass is 16.5. The average molecular weight is 170 g/mol. The fourth-order valence-electron chi connectivity index (χ4n) is 1.89. The SMILES string of the molecule is COCC1CCCCC(C)C1=O. The molecule has 2 unspecified atom stereocenters. The largest absolute Gasteiger partial charge is 0.384 e. The van der Waals surface area contributed by atoms with E-state index in [1.165, 1.54) is 12.8 Å². The van der Waals surface area contributed by atoms with Crippen LogP contribution in [0.1, 0.15) is 32.6 Å². The minimum atomic E-state index is 0.174. The fraction of sp³-hybridized carbons (Fsp3) is 0.900. The lowest BCUT2D eigenvalue weighted by Crippen LogP contribution is -2.23. The monoisotopic (exact) mass is 170 g/mol. The topological polar surface area (TPSA) is 26.3 Å². The van der Waals surface area contributed by atoms with Gasteiger partial charge in [-0.1, -0.05) is 19.8 Å². The molecule has 1 rings (SSSR count). The Morgan fingerprint density at radius 1 is 1.42 bits per heavy atom. The first-order valence-electron chi connectivity index (χ1n) is 4.78. The van der Waals surface area contributed by atoms with E-state index in [1.807, 2.05) is 6.92 Å². The molecule has 1 saturated carbocycles. The molecular weight excluding hydrogens is 152 g/mol. The van der Waals surface area contributed by atoms with Gasteiger partial charge in [0.15, 0.2) is 0 Å². The van der Waals surface area contributed by atoms with Crippen LogP contribution >= 0.6 is 0 Å². The van der Waals surface area contributed by atoms with Gasteiger partial charge in [-0.05, 0) is 12.8 Å². The predicted octanol–water partition coefficient (Wildman–Crippen LogP) is 2.03. The van der Waals surface area contributed by atoms with Crippen LogP contribution in [0, 0.1) is 11.8 Å². The molecule has 1 aliphatic carbocycles. The molecule has 2 heteroatoms. The van der Waals surface area contributed by atoms with Crippen molar-refractivity contribution in [1.29, 1.82) is 0 Å². The Bertz CT molecular complexity index is 154. The summed E-state index contributed by atoms with van der Waals surface area (Å²) >= 11 is 0. The number of rotatable bonds is 2. The van der Waals surface area contributed by atoms with Gasteiger partial charge < -0.3 is 4.74 Å². The molecule has 2 atom stereocenters. The van der Waals surface area contributed by atoms with E-state index in [1.54, 1.807) is 7.11 Å². The molecule has 70 valence electrons. The van der Waals surface area contributed by atoms with Crippen molar-refractivity contribution in [3.8, 4) is 0 Å². The fourth-order valence-corrected chi connectivity index (χ4v) is 1.89. The van der Waals surface area contributed by atoms with Gasteiger partial charge in [0.1, 0.15) is 5.78 Å². The Balaban J connectivity index is 2.52. The van der Waals surface area contributed by atoms with Crippen molar-refractivity contribution in [2.75, 3.05) is 13.7 Å². The number of hydrogen-bond acceptors (Lipinski definition) is 2. The van der Waals surface area contributed by atoms with Crippen LogP contribution in [0.15, 0.2) is 0 Å². The third-order valence-corrected chi connectivity index (χ3v) is 2.70. The maximum absolute atomic E-state index is 11.7. The molecule has 0 aromatic heterocycles. The molecule has 0 saturated heterocycles. The van der Waals surface area contributed by atoms with Gasteiger partial charge in [0.2, 0.25) is 0 Å². The Morgan fingerprint density at radius 3 is 2.75 bits per heavy atom. The first-order valence-corrected chi connectivity index (χ1v) is 4.78. The number of carbonyl (C=O) groups is 1. The lowest BCUT2D eigenvalue weighted by atomic mass is 9.93. The third-order valence-electron chi connectivity index (χ3n) is 2.70. The van der Waals surface area contributed by atoms with Crippen molar-refractivity contribution in [2.45, 2.75) is 32.6 Å². The Labute approximate surface area is 74.3 Å². The van der Waals surface area contributed by atoms with E-state index in [2.05, 4.69) is 0 Å². The van der Waals surface area contributed by atoms with E-state index >= 15 is 0 Å². The van der Waals surface area contributed by atoms with Gasteiger partial charge in [0.25, 0.3) is 0 Å². The molecule has 0 bridgehead atoms. The zero-order valence-corrected chi connectivity index (χ0v) is 8.01. The minimum Gasteiger partial charge on any atom is -0.384 e. The van der Waals surface area contributed by atoms with E-state index in [9.17, 15) is 4.79 Å². The molecule has 0 aliphatic heterocycles. The minimum absolute atomic E-state index is 0.174. The third kappa shape index (κ3) is 2.31. The molecule has 0 heterocycles. The van der Waals surface area contributed by atoms with Crippen LogP contribution < -0.4 is 0 Å². The predicted molar refractivity (Wildman–Crippen MR) is 48.0 cm³/mol. The molecule has 12 heavy (non-hydrogen) atoms. The maximum Gasteiger partial charge on any atom is 0.141 e. The van der Waals surface area contributed by atoms with Crippen LogP contribution in [0.4, 0.5) is 0 Å². The smallest absolute Gasteiger partial charge is 0.141 e. The molecule has 0 aromatic carbocycles. The summed E-state index contributed by atoms with van der Waals surface area (Å²) < 4.78 is 5.03. The summed E-state index contributed by atoms with van der Waals surface area (Å²) in [5.41, 5.74) is 0. The quantitative estimate of drug-likeness (QED) is 0.593. The van der Waals surface area contributed by atoms with Gasteiger partial charge in [-0.2, -0.15) is 0 Å². The summed E-state index contributed by atoms with van der Waals surface area (Å²) in [5, 5.41) is 0.